The lowest BCUT2D eigenvalue weighted by Crippen LogP contribution is -2.20. The first kappa shape index (κ1) is 14.4. The van der Waals surface area contributed by atoms with Crippen LogP contribution in [0.3, 0.4) is 0 Å². The summed E-state index contributed by atoms with van der Waals surface area (Å²) < 4.78 is 22.7. The number of amides is 1. The smallest absolute Gasteiger partial charge is 0.216 e. The summed E-state index contributed by atoms with van der Waals surface area (Å²) in [7, 11) is -3.16. The molecule has 0 unspecified atom stereocenters. The van der Waals surface area contributed by atoms with Crippen molar-refractivity contribution in [3.05, 3.63) is 35.9 Å². The van der Waals surface area contributed by atoms with Crippen molar-refractivity contribution >= 4 is 21.8 Å². The molecule has 0 heterocycles. The van der Waals surface area contributed by atoms with Crippen LogP contribution in [0.4, 0.5) is 0 Å². The van der Waals surface area contributed by atoms with Gasteiger partial charge in [0.25, 0.3) is 0 Å². The minimum Gasteiger partial charge on any atom is -0.356 e. The van der Waals surface area contributed by atoms with Gasteiger partial charge in [0.2, 0.25) is 5.91 Å². The van der Waals surface area contributed by atoms with Gasteiger partial charge < -0.3 is 5.32 Å². The summed E-state index contributed by atoms with van der Waals surface area (Å²) in [5, 5.41) is 2.68. The Kier molecular flexibility index (Phi) is 5.09. The Morgan fingerprint density at radius 2 is 2.11 bits per heavy atom. The average Bonchev–Trinajstić information content (AvgIpc) is 2.27. The van der Waals surface area contributed by atoms with Crippen LogP contribution in [-0.2, 0) is 14.6 Å². The first-order chi connectivity index (χ1) is 8.39. The molecule has 0 saturated carbocycles. The molecule has 0 saturated heterocycles. The van der Waals surface area contributed by atoms with Crippen molar-refractivity contribution < 1.29 is 13.2 Å². The van der Waals surface area contributed by atoms with E-state index in [1.807, 2.05) is 18.2 Å². The molecule has 0 bridgehead atoms. The van der Waals surface area contributed by atoms with Crippen LogP contribution in [-0.4, -0.2) is 27.1 Å². The number of benzene rings is 1. The average molecular weight is 267 g/mol. The number of hydrogen-bond donors (Lipinski definition) is 1. The third kappa shape index (κ3) is 5.14. The molecule has 0 aliphatic rings. The zero-order chi connectivity index (χ0) is 13.6. The summed E-state index contributed by atoms with van der Waals surface area (Å²) >= 11 is 0. The topological polar surface area (TPSA) is 63.2 Å². The van der Waals surface area contributed by atoms with Gasteiger partial charge in [-0.2, -0.15) is 0 Å². The van der Waals surface area contributed by atoms with Gasteiger partial charge in [0.1, 0.15) is 0 Å². The van der Waals surface area contributed by atoms with Crippen molar-refractivity contribution in [3.8, 4) is 0 Å². The molecule has 1 aromatic rings. The van der Waals surface area contributed by atoms with Crippen LogP contribution in [0, 0.1) is 0 Å². The van der Waals surface area contributed by atoms with Crippen molar-refractivity contribution in [1.82, 2.24) is 5.32 Å². The first-order valence-corrected chi connectivity index (χ1v) is 7.50. The molecule has 0 atom stereocenters. The SMILES string of the molecule is CC(=O)NCCC=Cc1cccc(S(C)(=O)=O)c1. The fourth-order valence-corrected chi connectivity index (χ4v) is 2.08. The number of sulfone groups is 1. The minimum atomic E-state index is -3.16. The molecule has 0 spiro atoms. The van der Waals surface area contributed by atoms with Crippen molar-refractivity contribution in [3.63, 3.8) is 0 Å². The van der Waals surface area contributed by atoms with Crippen LogP contribution in [0.1, 0.15) is 18.9 Å². The fourth-order valence-electron chi connectivity index (χ4n) is 1.40. The van der Waals surface area contributed by atoms with Crippen molar-refractivity contribution in [2.45, 2.75) is 18.2 Å². The number of carbonyl (C=O) groups excluding carboxylic acids is 1. The van der Waals surface area contributed by atoms with Crippen LogP contribution < -0.4 is 5.32 Å². The summed E-state index contributed by atoms with van der Waals surface area (Å²) in [4.78, 5) is 10.9. The maximum absolute atomic E-state index is 11.4. The number of carbonyl (C=O) groups is 1. The van der Waals surface area contributed by atoms with Gasteiger partial charge in [-0.05, 0) is 24.1 Å². The van der Waals surface area contributed by atoms with E-state index in [2.05, 4.69) is 5.32 Å². The normalized spacial score (nSPS) is 11.7. The van der Waals surface area contributed by atoms with E-state index in [9.17, 15) is 13.2 Å². The quantitative estimate of drug-likeness (QED) is 0.825. The highest BCUT2D eigenvalue weighted by Gasteiger charge is 2.05. The highest BCUT2D eigenvalue weighted by Crippen LogP contribution is 2.12. The fraction of sp³-hybridized carbons (Fsp3) is 0.308. The molecule has 0 radical (unpaired) electrons. The van der Waals surface area contributed by atoms with E-state index >= 15 is 0 Å². The molecular weight excluding hydrogens is 250 g/mol. The molecule has 18 heavy (non-hydrogen) atoms. The van der Waals surface area contributed by atoms with Crippen molar-refractivity contribution in [1.29, 1.82) is 0 Å². The standard InChI is InChI=1S/C13H17NO3S/c1-11(15)14-9-4-3-6-12-7-5-8-13(10-12)18(2,16)17/h3,5-8,10H,4,9H2,1-2H3,(H,14,15). The van der Waals surface area contributed by atoms with E-state index in [1.165, 1.54) is 13.2 Å². The van der Waals surface area contributed by atoms with Crippen LogP contribution >= 0.6 is 0 Å². The summed E-state index contributed by atoms with van der Waals surface area (Å²) in [6, 6.07) is 6.75. The maximum atomic E-state index is 11.4. The number of hydrogen-bond acceptors (Lipinski definition) is 3. The van der Waals surface area contributed by atoms with Gasteiger partial charge in [0.05, 0.1) is 4.90 Å². The Morgan fingerprint density at radius 3 is 2.72 bits per heavy atom. The van der Waals surface area contributed by atoms with Gasteiger partial charge in [-0.3, -0.25) is 4.79 Å². The van der Waals surface area contributed by atoms with Crippen LogP contribution in [0.25, 0.3) is 6.08 Å². The van der Waals surface area contributed by atoms with Gasteiger partial charge in [0, 0.05) is 19.7 Å². The molecule has 4 nitrogen and oxygen atoms in total. The molecule has 1 N–H and O–H groups in total. The monoisotopic (exact) mass is 267 g/mol. The van der Waals surface area contributed by atoms with Crippen LogP contribution in [0.15, 0.2) is 35.2 Å². The van der Waals surface area contributed by atoms with Crippen molar-refractivity contribution in [2.75, 3.05) is 12.8 Å². The van der Waals surface area contributed by atoms with E-state index in [1.54, 1.807) is 18.2 Å². The zero-order valence-corrected chi connectivity index (χ0v) is 11.3. The Bertz CT molecular complexity index is 547. The molecule has 0 fully saturated rings. The van der Waals surface area contributed by atoms with Crippen LogP contribution in [0.2, 0.25) is 0 Å². The summed E-state index contributed by atoms with van der Waals surface area (Å²) in [6.45, 7) is 2.05. The second-order valence-corrected chi connectivity index (χ2v) is 6.03. The lowest BCUT2D eigenvalue weighted by Gasteiger charge is -2.00. The molecule has 0 aliphatic heterocycles. The Morgan fingerprint density at radius 1 is 1.39 bits per heavy atom. The van der Waals surface area contributed by atoms with Gasteiger partial charge >= 0.3 is 0 Å². The highest BCUT2D eigenvalue weighted by molar-refractivity contribution is 7.90. The van der Waals surface area contributed by atoms with E-state index in [4.69, 9.17) is 0 Å². The minimum absolute atomic E-state index is 0.0533. The Labute approximate surface area is 108 Å². The molecule has 1 rings (SSSR count). The van der Waals surface area contributed by atoms with E-state index in [0.29, 0.717) is 17.9 Å². The molecule has 0 aliphatic carbocycles. The maximum Gasteiger partial charge on any atom is 0.216 e. The predicted molar refractivity (Wildman–Crippen MR) is 71.9 cm³/mol. The van der Waals surface area contributed by atoms with Gasteiger partial charge in [-0.25, -0.2) is 8.42 Å². The lowest BCUT2D eigenvalue weighted by molar-refractivity contribution is -0.118. The largest absolute Gasteiger partial charge is 0.356 e. The molecule has 98 valence electrons. The van der Waals surface area contributed by atoms with Crippen molar-refractivity contribution in [2.24, 2.45) is 0 Å². The predicted octanol–water partition coefficient (Wildman–Crippen LogP) is 1.63. The number of nitrogens with one attached hydrogen (secondary N) is 1. The molecular formula is C13H17NO3S. The van der Waals surface area contributed by atoms with Gasteiger partial charge in [0.15, 0.2) is 9.84 Å². The summed E-state index contributed by atoms with van der Waals surface area (Å²) in [5.74, 6) is -0.0533. The van der Waals surface area contributed by atoms with Gasteiger partial charge in [-0.15, -0.1) is 0 Å². The third-order valence-electron chi connectivity index (χ3n) is 2.28. The molecule has 0 aromatic heterocycles. The van der Waals surface area contributed by atoms with Crippen LogP contribution in [0.5, 0.6) is 0 Å². The highest BCUT2D eigenvalue weighted by atomic mass is 32.2. The zero-order valence-electron chi connectivity index (χ0n) is 10.5. The number of rotatable bonds is 5. The first-order valence-electron chi connectivity index (χ1n) is 5.61. The second-order valence-electron chi connectivity index (χ2n) is 4.02. The Balaban J connectivity index is 2.63. The van der Waals surface area contributed by atoms with Gasteiger partial charge in [-0.1, -0.05) is 24.3 Å². The summed E-state index contributed by atoms with van der Waals surface area (Å²) in [5.41, 5.74) is 0.834. The third-order valence-corrected chi connectivity index (χ3v) is 3.39. The molecule has 5 heteroatoms. The van der Waals surface area contributed by atoms with E-state index in [0.717, 1.165) is 5.56 Å². The second kappa shape index (κ2) is 6.35. The Hall–Kier alpha value is -1.62. The molecule has 1 amide bonds. The van der Waals surface area contributed by atoms with E-state index < -0.39 is 9.84 Å². The summed E-state index contributed by atoms with van der Waals surface area (Å²) in [6.07, 6.45) is 5.64. The lowest BCUT2D eigenvalue weighted by atomic mass is 10.2. The van der Waals surface area contributed by atoms with E-state index in [-0.39, 0.29) is 5.91 Å². The molecule has 1 aromatic carbocycles.